The van der Waals surface area contributed by atoms with Crippen molar-refractivity contribution in [1.29, 1.82) is 0 Å². The fourth-order valence-electron chi connectivity index (χ4n) is 5.40. The molecule has 2 N–H and O–H groups in total. The molecule has 210 valence electrons. The van der Waals surface area contributed by atoms with Gasteiger partial charge in [0.05, 0.1) is 34.0 Å². The lowest BCUT2D eigenvalue weighted by Crippen LogP contribution is -2.47. The summed E-state index contributed by atoms with van der Waals surface area (Å²) in [6.07, 6.45) is 1.94. The largest absolute Gasteiger partial charge is 0.497 e. The lowest BCUT2D eigenvalue weighted by molar-refractivity contribution is 0.105. The smallest absolute Gasteiger partial charge is 0.124 e. The number of hydrogen-bond acceptors (Lipinski definition) is 6. The van der Waals surface area contributed by atoms with Crippen LogP contribution in [0.3, 0.4) is 0 Å². The number of fused-ring (bicyclic) bond motifs is 1. The summed E-state index contributed by atoms with van der Waals surface area (Å²) in [5, 5.41) is 9.82. The number of ether oxygens (including phenoxy) is 4. The summed E-state index contributed by atoms with van der Waals surface area (Å²) >= 11 is 0. The molecule has 1 aliphatic heterocycles. The maximum absolute atomic E-state index is 5.99. The number of benzene rings is 4. The first-order chi connectivity index (χ1) is 19.7. The van der Waals surface area contributed by atoms with Gasteiger partial charge in [-0.1, -0.05) is 48.5 Å². The van der Waals surface area contributed by atoms with Crippen molar-refractivity contribution in [2.75, 3.05) is 40.5 Å². The van der Waals surface area contributed by atoms with E-state index >= 15 is 0 Å². The zero-order valence-electron chi connectivity index (χ0n) is 23.5. The fourth-order valence-corrected chi connectivity index (χ4v) is 5.40. The van der Waals surface area contributed by atoms with E-state index in [-0.39, 0.29) is 0 Å². The predicted octanol–water partition coefficient (Wildman–Crippen LogP) is 6.08. The highest BCUT2D eigenvalue weighted by Gasteiger charge is 2.26. The summed E-state index contributed by atoms with van der Waals surface area (Å²) in [6.45, 7) is 4.65. The number of rotatable bonds is 13. The van der Waals surface area contributed by atoms with Gasteiger partial charge in [-0.25, -0.2) is 0 Å². The summed E-state index contributed by atoms with van der Waals surface area (Å²) in [5.41, 5.74) is 3.71. The number of hydrogen-bond donors (Lipinski definition) is 2. The zero-order chi connectivity index (χ0) is 27.6. The van der Waals surface area contributed by atoms with Crippen LogP contribution in [0.1, 0.15) is 35.4 Å². The van der Waals surface area contributed by atoms with E-state index in [0.717, 1.165) is 55.3 Å². The molecule has 0 spiro atoms. The third-order valence-electron chi connectivity index (χ3n) is 7.62. The van der Waals surface area contributed by atoms with E-state index in [0.29, 0.717) is 31.8 Å². The van der Waals surface area contributed by atoms with E-state index in [1.807, 2.05) is 30.3 Å². The van der Waals surface area contributed by atoms with Crippen LogP contribution in [0, 0.1) is 0 Å². The Kier molecular flexibility index (Phi) is 9.91. The van der Waals surface area contributed by atoms with Gasteiger partial charge < -0.3 is 29.6 Å². The second-order valence-electron chi connectivity index (χ2n) is 10.3. The molecule has 0 bridgehead atoms. The lowest BCUT2D eigenvalue weighted by atomic mass is 9.86. The summed E-state index contributed by atoms with van der Waals surface area (Å²) in [7, 11) is 3.39. The van der Waals surface area contributed by atoms with Crippen molar-refractivity contribution in [3.8, 4) is 17.2 Å². The molecule has 0 unspecified atom stereocenters. The van der Waals surface area contributed by atoms with Crippen LogP contribution in [-0.2, 0) is 17.9 Å². The second kappa shape index (κ2) is 14.2. The number of methoxy groups -OCH3 is 2. The van der Waals surface area contributed by atoms with E-state index in [1.54, 1.807) is 14.2 Å². The van der Waals surface area contributed by atoms with Crippen LogP contribution in [-0.4, -0.2) is 46.6 Å². The van der Waals surface area contributed by atoms with Crippen LogP contribution in [0.25, 0.3) is 10.8 Å². The number of piperidine rings is 1. The maximum atomic E-state index is 5.99. The van der Waals surface area contributed by atoms with E-state index in [1.165, 1.54) is 21.9 Å². The van der Waals surface area contributed by atoms with Gasteiger partial charge in [0, 0.05) is 37.0 Å². The highest BCUT2D eigenvalue weighted by atomic mass is 16.5. The van der Waals surface area contributed by atoms with Gasteiger partial charge in [0.1, 0.15) is 17.2 Å². The van der Waals surface area contributed by atoms with Crippen molar-refractivity contribution in [2.24, 2.45) is 0 Å². The van der Waals surface area contributed by atoms with Gasteiger partial charge in [-0.2, -0.15) is 0 Å². The molecule has 6 heteroatoms. The first-order valence-corrected chi connectivity index (χ1v) is 14.2. The van der Waals surface area contributed by atoms with Gasteiger partial charge >= 0.3 is 0 Å². The van der Waals surface area contributed by atoms with Crippen molar-refractivity contribution in [3.63, 3.8) is 0 Å². The lowest BCUT2D eigenvalue weighted by Gasteiger charge is -2.33. The minimum absolute atomic E-state index is 0.368. The SMILES string of the molecule is COc1ccc2cc(CN[C@H]3CNCC[C@H]3c3ccc(OCCCOCc4ccccc4OC)cc3)ccc2c1. The van der Waals surface area contributed by atoms with Gasteiger partial charge in [0.15, 0.2) is 0 Å². The van der Waals surface area contributed by atoms with Crippen LogP contribution >= 0.6 is 0 Å². The quantitative estimate of drug-likeness (QED) is 0.201. The molecule has 1 aliphatic rings. The molecule has 2 atom stereocenters. The zero-order valence-corrected chi connectivity index (χ0v) is 23.5. The molecule has 1 saturated heterocycles. The van der Waals surface area contributed by atoms with E-state index in [9.17, 15) is 0 Å². The fraction of sp³-hybridized carbons (Fsp3) is 0.353. The first kappa shape index (κ1) is 28.0. The Balaban J connectivity index is 1.08. The molecule has 0 radical (unpaired) electrons. The van der Waals surface area contributed by atoms with Crippen molar-refractivity contribution < 1.29 is 18.9 Å². The minimum atomic E-state index is 0.368. The Morgan fingerprint density at radius 3 is 2.48 bits per heavy atom. The molecular weight excluding hydrogens is 500 g/mol. The standard InChI is InChI=1S/C34H40N2O4/c1-37-31-15-12-27-20-25(8-9-28(27)21-31)22-36-33-23-35-17-16-32(33)26-10-13-30(14-11-26)40-19-5-18-39-24-29-6-3-4-7-34(29)38-2/h3-4,6-15,20-21,32-33,35-36H,5,16-19,22-24H2,1-2H3/t32-,33-/m0/s1. The van der Waals surface area contributed by atoms with Gasteiger partial charge in [0.2, 0.25) is 0 Å². The van der Waals surface area contributed by atoms with Gasteiger partial charge in [0.25, 0.3) is 0 Å². The molecule has 6 nitrogen and oxygen atoms in total. The van der Waals surface area contributed by atoms with Gasteiger partial charge in [-0.3, -0.25) is 0 Å². The molecule has 4 aromatic carbocycles. The van der Waals surface area contributed by atoms with Crippen LogP contribution in [0.2, 0.25) is 0 Å². The summed E-state index contributed by atoms with van der Waals surface area (Å²) < 4.78 is 22.5. The molecule has 5 rings (SSSR count). The summed E-state index contributed by atoms with van der Waals surface area (Å²) in [4.78, 5) is 0. The highest BCUT2D eigenvalue weighted by Crippen LogP contribution is 2.28. The third-order valence-corrected chi connectivity index (χ3v) is 7.62. The Labute approximate surface area is 237 Å². The first-order valence-electron chi connectivity index (χ1n) is 14.2. The second-order valence-corrected chi connectivity index (χ2v) is 10.3. The van der Waals surface area contributed by atoms with Crippen molar-refractivity contribution >= 4 is 10.8 Å². The normalized spacial score (nSPS) is 17.1. The van der Waals surface area contributed by atoms with Crippen LogP contribution < -0.4 is 24.8 Å². The van der Waals surface area contributed by atoms with E-state index < -0.39 is 0 Å². The summed E-state index contributed by atoms with van der Waals surface area (Å²) in [5.74, 6) is 3.11. The number of para-hydroxylation sites is 1. The molecule has 1 heterocycles. The Morgan fingerprint density at radius 1 is 0.825 bits per heavy atom. The molecule has 40 heavy (non-hydrogen) atoms. The molecule has 0 saturated carbocycles. The monoisotopic (exact) mass is 540 g/mol. The maximum Gasteiger partial charge on any atom is 0.124 e. The minimum Gasteiger partial charge on any atom is -0.497 e. The van der Waals surface area contributed by atoms with Crippen molar-refractivity contribution in [1.82, 2.24) is 10.6 Å². The highest BCUT2D eigenvalue weighted by molar-refractivity contribution is 5.84. The Morgan fingerprint density at radius 2 is 1.62 bits per heavy atom. The molecular formula is C34H40N2O4. The topological polar surface area (TPSA) is 61.0 Å². The van der Waals surface area contributed by atoms with Gasteiger partial charge in [-0.15, -0.1) is 0 Å². The van der Waals surface area contributed by atoms with E-state index in [2.05, 4.69) is 65.2 Å². The summed E-state index contributed by atoms with van der Waals surface area (Å²) in [6, 6.07) is 29.8. The third kappa shape index (κ3) is 7.33. The van der Waals surface area contributed by atoms with Crippen LogP contribution in [0.15, 0.2) is 84.9 Å². The average Bonchev–Trinajstić information content (AvgIpc) is 3.02. The van der Waals surface area contributed by atoms with Crippen LogP contribution in [0.5, 0.6) is 17.2 Å². The van der Waals surface area contributed by atoms with Crippen molar-refractivity contribution in [2.45, 2.75) is 38.0 Å². The average molecular weight is 541 g/mol. The molecule has 0 aliphatic carbocycles. The van der Waals surface area contributed by atoms with Crippen LogP contribution in [0.4, 0.5) is 0 Å². The van der Waals surface area contributed by atoms with Crippen molar-refractivity contribution in [3.05, 3.63) is 102 Å². The molecule has 0 aromatic heterocycles. The molecule has 4 aromatic rings. The molecule has 0 amide bonds. The number of nitrogens with one attached hydrogen (secondary N) is 2. The predicted molar refractivity (Wildman–Crippen MR) is 161 cm³/mol. The molecule has 1 fully saturated rings. The Bertz CT molecular complexity index is 1360. The van der Waals surface area contributed by atoms with Gasteiger partial charge in [-0.05, 0) is 71.3 Å². The Hall–Kier alpha value is -3.58. The van der Waals surface area contributed by atoms with E-state index in [4.69, 9.17) is 18.9 Å².